The quantitative estimate of drug-likeness (QED) is 0.600. The molecule has 4 rings (SSSR count). The van der Waals surface area contributed by atoms with Crippen molar-refractivity contribution < 1.29 is 14.0 Å². The highest BCUT2D eigenvalue weighted by molar-refractivity contribution is 6.30. The van der Waals surface area contributed by atoms with Crippen LogP contribution >= 0.6 is 11.6 Å². The summed E-state index contributed by atoms with van der Waals surface area (Å²) in [4.78, 5) is 32.8. The smallest absolute Gasteiger partial charge is 0.252 e. The monoisotopic (exact) mass is 439 g/mol. The van der Waals surface area contributed by atoms with E-state index in [0.29, 0.717) is 43.1 Å². The minimum atomic E-state index is -0.630. The highest BCUT2D eigenvalue weighted by Gasteiger charge is 2.32. The fourth-order valence-corrected chi connectivity index (χ4v) is 4.61. The molecule has 0 aliphatic carbocycles. The van der Waals surface area contributed by atoms with Crippen molar-refractivity contribution in [3.8, 4) is 0 Å². The van der Waals surface area contributed by atoms with Crippen LogP contribution in [0.2, 0.25) is 5.02 Å². The number of anilines is 1. The number of benzene rings is 2. The van der Waals surface area contributed by atoms with Crippen molar-refractivity contribution >= 4 is 34.8 Å². The predicted octanol–water partition coefficient (Wildman–Crippen LogP) is 5.25. The number of hydrogen-bond acceptors (Lipinski definition) is 2. The van der Waals surface area contributed by atoms with Gasteiger partial charge in [-0.2, -0.15) is 0 Å². The molecule has 2 heterocycles. The third-order valence-electron chi connectivity index (χ3n) is 6.12. The lowest BCUT2D eigenvalue weighted by Crippen LogP contribution is -2.44. The Labute approximate surface area is 186 Å². The highest BCUT2D eigenvalue weighted by Crippen LogP contribution is 2.32. The third kappa shape index (κ3) is 4.42. The zero-order valence-electron chi connectivity index (χ0n) is 17.1. The lowest BCUT2D eigenvalue weighted by atomic mass is 9.94. The average molecular weight is 440 g/mol. The van der Waals surface area contributed by atoms with Gasteiger partial charge in [0.05, 0.1) is 6.57 Å². The van der Waals surface area contributed by atoms with Crippen molar-refractivity contribution in [2.24, 2.45) is 5.92 Å². The van der Waals surface area contributed by atoms with Crippen LogP contribution in [0.1, 0.15) is 41.6 Å². The van der Waals surface area contributed by atoms with E-state index in [1.165, 1.54) is 12.1 Å². The van der Waals surface area contributed by atoms with Gasteiger partial charge in [-0.05, 0) is 74.1 Å². The van der Waals surface area contributed by atoms with Crippen LogP contribution in [-0.2, 0) is 11.2 Å². The first-order valence-electron chi connectivity index (χ1n) is 10.5. The van der Waals surface area contributed by atoms with Gasteiger partial charge in [-0.15, -0.1) is 0 Å². The van der Waals surface area contributed by atoms with E-state index < -0.39 is 5.82 Å². The summed E-state index contributed by atoms with van der Waals surface area (Å²) in [5.41, 5.74) is 2.20. The van der Waals surface area contributed by atoms with Crippen LogP contribution in [-0.4, -0.2) is 36.3 Å². The van der Waals surface area contributed by atoms with Crippen molar-refractivity contribution in [2.75, 3.05) is 24.5 Å². The average Bonchev–Trinajstić information content (AvgIpc) is 3.00. The van der Waals surface area contributed by atoms with E-state index in [0.717, 1.165) is 36.6 Å². The summed E-state index contributed by atoms with van der Waals surface area (Å²) in [6, 6.07) is 9.56. The number of fused-ring (bicyclic) bond motifs is 1. The molecule has 160 valence electrons. The summed E-state index contributed by atoms with van der Waals surface area (Å²) >= 11 is 6.15. The molecule has 2 aliphatic rings. The Bertz CT molecular complexity index is 1060. The molecule has 0 bridgehead atoms. The van der Waals surface area contributed by atoms with E-state index in [2.05, 4.69) is 4.85 Å². The maximum atomic E-state index is 13.6. The molecule has 1 fully saturated rings. The fraction of sp³-hybridized carbons (Fsp3) is 0.375. The number of piperidine rings is 1. The molecule has 31 heavy (non-hydrogen) atoms. The number of carbonyl (C=O) groups is 2. The lowest BCUT2D eigenvalue weighted by molar-refractivity contribution is -0.123. The topological polar surface area (TPSA) is 45.0 Å². The van der Waals surface area contributed by atoms with Crippen LogP contribution in [0, 0.1) is 18.3 Å². The molecule has 2 amide bonds. The number of hydrogen-bond donors (Lipinski definition) is 0. The molecule has 2 aromatic carbocycles. The van der Waals surface area contributed by atoms with Gasteiger partial charge in [0.2, 0.25) is 11.6 Å². The molecule has 2 aromatic rings. The molecule has 2 aliphatic heterocycles. The van der Waals surface area contributed by atoms with Gasteiger partial charge < -0.3 is 9.80 Å². The molecule has 0 aromatic heterocycles. The second-order valence-electron chi connectivity index (χ2n) is 8.06. The Morgan fingerprint density at radius 1 is 1.06 bits per heavy atom. The molecule has 7 heteroatoms. The molecule has 0 atom stereocenters. The van der Waals surface area contributed by atoms with Crippen LogP contribution in [0.5, 0.6) is 0 Å². The van der Waals surface area contributed by atoms with E-state index in [1.807, 2.05) is 23.1 Å². The molecule has 0 spiro atoms. The van der Waals surface area contributed by atoms with Crippen LogP contribution < -0.4 is 4.90 Å². The first-order chi connectivity index (χ1) is 15.0. The number of likely N-dealkylation sites (tertiary alicyclic amines) is 1. The minimum Gasteiger partial charge on any atom is -0.339 e. The zero-order valence-corrected chi connectivity index (χ0v) is 17.9. The van der Waals surface area contributed by atoms with E-state index >= 15 is 0 Å². The second-order valence-corrected chi connectivity index (χ2v) is 8.50. The van der Waals surface area contributed by atoms with E-state index in [-0.39, 0.29) is 23.4 Å². The largest absolute Gasteiger partial charge is 0.339 e. The van der Waals surface area contributed by atoms with E-state index in [9.17, 15) is 14.0 Å². The van der Waals surface area contributed by atoms with Crippen molar-refractivity contribution in [2.45, 2.75) is 32.1 Å². The first kappa shape index (κ1) is 21.3. The minimum absolute atomic E-state index is 0.106. The zero-order chi connectivity index (χ0) is 22.0. The maximum absolute atomic E-state index is 13.6. The molecule has 5 nitrogen and oxygen atoms in total. The van der Waals surface area contributed by atoms with E-state index in [1.54, 1.807) is 4.90 Å². The van der Waals surface area contributed by atoms with Gasteiger partial charge in [0.15, 0.2) is 0 Å². The summed E-state index contributed by atoms with van der Waals surface area (Å²) in [6.45, 7) is 8.64. The summed E-state index contributed by atoms with van der Waals surface area (Å²) < 4.78 is 13.6. The second kappa shape index (κ2) is 9.07. The van der Waals surface area contributed by atoms with Gasteiger partial charge >= 0.3 is 0 Å². The van der Waals surface area contributed by atoms with Gasteiger partial charge in [-0.3, -0.25) is 9.59 Å². The summed E-state index contributed by atoms with van der Waals surface area (Å²) in [5, 5.41) is 0.682. The Morgan fingerprint density at radius 2 is 1.84 bits per heavy atom. The number of nitrogens with zero attached hydrogens (tertiary/aromatic N) is 3. The summed E-state index contributed by atoms with van der Waals surface area (Å²) in [7, 11) is 0. The molecule has 0 radical (unpaired) electrons. The summed E-state index contributed by atoms with van der Waals surface area (Å²) in [5.74, 6) is -0.896. The lowest BCUT2D eigenvalue weighted by Gasteiger charge is -2.34. The van der Waals surface area contributed by atoms with Gasteiger partial charge in [0.1, 0.15) is 5.82 Å². The van der Waals surface area contributed by atoms with Crippen LogP contribution in [0.15, 0.2) is 36.4 Å². The first-order valence-corrected chi connectivity index (χ1v) is 10.9. The normalized spacial score (nSPS) is 16.9. The van der Waals surface area contributed by atoms with E-state index in [4.69, 9.17) is 18.2 Å². The standard InChI is InChI=1S/C24H23ClFN3O2/c1-27-21-15-18(5-7-20(21)26)23(30)28-12-9-16(10-13-28)24(31)29-11-3-2-4-17-14-19(25)6-8-22(17)29/h5-8,14-16H,2-4,9-13H2. The highest BCUT2D eigenvalue weighted by atomic mass is 35.5. The van der Waals surface area contributed by atoms with Gasteiger partial charge in [0, 0.05) is 41.8 Å². The SMILES string of the molecule is [C-]#[N+]c1cc(C(=O)N2CCC(C(=O)N3CCCCc4cc(Cl)ccc43)CC2)ccc1F. The van der Waals surface area contributed by atoms with Crippen LogP contribution in [0.25, 0.3) is 4.85 Å². The Balaban J connectivity index is 1.44. The Kier molecular flexibility index (Phi) is 6.24. The Hall–Kier alpha value is -2.91. The fourth-order valence-electron chi connectivity index (χ4n) is 4.42. The third-order valence-corrected chi connectivity index (χ3v) is 6.36. The molecular formula is C24H23ClFN3O2. The van der Waals surface area contributed by atoms with Crippen molar-refractivity contribution in [1.82, 2.24) is 4.90 Å². The van der Waals surface area contributed by atoms with Crippen LogP contribution in [0.3, 0.4) is 0 Å². The maximum Gasteiger partial charge on any atom is 0.252 e. The number of halogens is 2. The molecule has 1 saturated heterocycles. The molecule has 0 N–H and O–H groups in total. The molecule has 0 saturated carbocycles. The molecule has 0 unspecified atom stereocenters. The van der Waals surface area contributed by atoms with Crippen LogP contribution in [0.4, 0.5) is 15.8 Å². The van der Waals surface area contributed by atoms with Gasteiger partial charge in [-0.1, -0.05) is 11.6 Å². The van der Waals surface area contributed by atoms with Gasteiger partial charge in [0.25, 0.3) is 5.91 Å². The van der Waals surface area contributed by atoms with Crippen molar-refractivity contribution in [3.63, 3.8) is 0 Å². The van der Waals surface area contributed by atoms with Gasteiger partial charge in [-0.25, -0.2) is 9.24 Å². The number of aryl methyl sites for hydroxylation is 1. The summed E-state index contributed by atoms with van der Waals surface area (Å²) in [6.07, 6.45) is 4.05. The number of amides is 2. The predicted molar refractivity (Wildman–Crippen MR) is 118 cm³/mol. The van der Waals surface area contributed by atoms with Crippen molar-refractivity contribution in [3.05, 3.63) is 69.8 Å². The number of carbonyl (C=O) groups excluding carboxylic acids is 2. The molecular weight excluding hydrogens is 417 g/mol. The van der Waals surface area contributed by atoms with Crippen molar-refractivity contribution in [1.29, 1.82) is 0 Å². The Morgan fingerprint density at radius 3 is 2.58 bits per heavy atom. The number of rotatable bonds is 2.